The molecule has 1 saturated heterocycles. The molecule has 1 fully saturated rings. The molecule has 0 radical (unpaired) electrons. The quantitative estimate of drug-likeness (QED) is 0.730. The number of rotatable bonds is 7. The van der Waals surface area contributed by atoms with Crippen molar-refractivity contribution in [3.05, 3.63) is 34.6 Å². The number of aryl methyl sites for hydroxylation is 2. The third kappa shape index (κ3) is 5.25. The Hall–Kier alpha value is -1.99. The number of thiazole rings is 1. The van der Waals surface area contributed by atoms with Gasteiger partial charge in [-0.05, 0) is 51.3 Å². The lowest BCUT2D eigenvalue weighted by molar-refractivity contribution is -0.114. The summed E-state index contributed by atoms with van der Waals surface area (Å²) in [4.78, 5) is 23.3. The summed E-state index contributed by atoms with van der Waals surface area (Å²) in [6, 6.07) is 4.37. The number of nitrogens with zero attached hydrogens (tertiary/aromatic N) is 3. The molecule has 0 aliphatic carbocycles. The normalized spacial score (nSPS) is 16.9. The van der Waals surface area contributed by atoms with Crippen LogP contribution in [0.4, 0.5) is 10.8 Å². The van der Waals surface area contributed by atoms with Crippen LogP contribution >= 0.6 is 11.3 Å². The molecule has 1 aliphatic heterocycles. The highest BCUT2D eigenvalue weighted by molar-refractivity contribution is 7.15. The second-order valence-corrected chi connectivity index (χ2v) is 8.10. The molecule has 140 valence electrons. The number of aromatic nitrogens is 2. The minimum absolute atomic E-state index is 0.0794. The minimum Gasteiger partial charge on any atom is -0.371 e. The van der Waals surface area contributed by atoms with Gasteiger partial charge in [-0.2, -0.15) is 0 Å². The van der Waals surface area contributed by atoms with E-state index in [9.17, 15) is 4.79 Å². The van der Waals surface area contributed by atoms with E-state index in [0.29, 0.717) is 5.13 Å². The lowest BCUT2D eigenvalue weighted by Crippen LogP contribution is -2.22. The van der Waals surface area contributed by atoms with Gasteiger partial charge in [-0.15, -0.1) is 11.3 Å². The van der Waals surface area contributed by atoms with Crippen molar-refractivity contribution >= 4 is 28.1 Å². The highest BCUT2D eigenvalue weighted by Gasteiger charge is 2.22. The summed E-state index contributed by atoms with van der Waals surface area (Å²) < 4.78 is 0. The van der Waals surface area contributed by atoms with E-state index in [1.54, 1.807) is 0 Å². The maximum Gasteiger partial charge on any atom is 0.223 e. The Morgan fingerprint density at radius 2 is 2.12 bits per heavy atom. The predicted molar refractivity (Wildman–Crippen MR) is 107 cm³/mol. The van der Waals surface area contributed by atoms with Gasteiger partial charge in [-0.25, -0.2) is 4.98 Å². The van der Waals surface area contributed by atoms with Gasteiger partial charge in [0, 0.05) is 54.7 Å². The van der Waals surface area contributed by atoms with E-state index in [1.807, 2.05) is 6.20 Å². The molecule has 1 atom stereocenters. The van der Waals surface area contributed by atoms with Crippen molar-refractivity contribution < 1.29 is 4.79 Å². The first kappa shape index (κ1) is 18.8. The zero-order valence-electron chi connectivity index (χ0n) is 15.7. The Bertz CT molecular complexity index is 740. The van der Waals surface area contributed by atoms with Gasteiger partial charge in [0.05, 0.1) is 0 Å². The number of amides is 1. The molecule has 0 saturated carbocycles. The average Bonchev–Trinajstić information content (AvgIpc) is 3.19. The van der Waals surface area contributed by atoms with Gasteiger partial charge >= 0.3 is 0 Å². The van der Waals surface area contributed by atoms with Gasteiger partial charge in [0.15, 0.2) is 5.13 Å². The molecule has 0 spiro atoms. The van der Waals surface area contributed by atoms with Crippen LogP contribution in [-0.2, 0) is 11.3 Å². The summed E-state index contributed by atoms with van der Waals surface area (Å²) in [5.74, 6) is 0.650. The molecule has 1 unspecified atom stereocenters. The second-order valence-electron chi connectivity index (χ2n) is 6.99. The van der Waals surface area contributed by atoms with E-state index in [0.717, 1.165) is 48.4 Å². The third-order valence-electron chi connectivity index (χ3n) is 4.58. The van der Waals surface area contributed by atoms with Crippen molar-refractivity contribution in [2.45, 2.75) is 40.2 Å². The molecule has 1 aliphatic rings. The number of pyridine rings is 1. The number of carbonyl (C=O) groups excluding carboxylic acids is 1. The summed E-state index contributed by atoms with van der Waals surface area (Å²) in [6.07, 6.45) is 4.25. The van der Waals surface area contributed by atoms with Crippen molar-refractivity contribution in [2.75, 3.05) is 29.9 Å². The van der Waals surface area contributed by atoms with Crippen LogP contribution in [0.2, 0.25) is 0 Å². The molecule has 7 heteroatoms. The van der Waals surface area contributed by atoms with Gasteiger partial charge in [0.25, 0.3) is 0 Å². The first-order chi connectivity index (χ1) is 12.5. The smallest absolute Gasteiger partial charge is 0.223 e. The first-order valence-electron chi connectivity index (χ1n) is 9.13. The maximum absolute atomic E-state index is 11.0. The summed E-state index contributed by atoms with van der Waals surface area (Å²) in [6.45, 7) is 9.67. The van der Waals surface area contributed by atoms with Gasteiger partial charge < -0.3 is 15.5 Å². The lowest BCUT2D eigenvalue weighted by Gasteiger charge is -2.19. The largest absolute Gasteiger partial charge is 0.371 e. The average molecular weight is 374 g/mol. The predicted octanol–water partition coefficient (Wildman–Crippen LogP) is 3.12. The van der Waals surface area contributed by atoms with Gasteiger partial charge in [0.2, 0.25) is 5.91 Å². The highest BCUT2D eigenvalue weighted by atomic mass is 32.1. The molecule has 0 aromatic carbocycles. The zero-order chi connectivity index (χ0) is 18.5. The second kappa shape index (κ2) is 8.60. The van der Waals surface area contributed by atoms with Crippen LogP contribution in [0.3, 0.4) is 0 Å². The molecule has 3 rings (SSSR count). The number of hydrogen-bond donors (Lipinski definition) is 2. The molecular formula is C19H27N5OS. The monoisotopic (exact) mass is 373 g/mol. The van der Waals surface area contributed by atoms with E-state index >= 15 is 0 Å². The molecule has 1 amide bonds. The summed E-state index contributed by atoms with van der Waals surface area (Å²) in [5.41, 5.74) is 3.49. The number of nitrogens with one attached hydrogen (secondary N) is 2. The summed E-state index contributed by atoms with van der Waals surface area (Å²) in [7, 11) is 0. The molecular weight excluding hydrogens is 346 g/mol. The highest BCUT2D eigenvalue weighted by Crippen LogP contribution is 2.26. The number of carbonyl (C=O) groups is 1. The number of hydrogen-bond acceptors (Lipinski definition) is 6. The third-order valence-corrected chi connectivity index (χ3v) is 5.50. The van der Waals surface area contributed by atoms with E-state index in [4.69, 9.17) is 0 Å². The molecule has 6 nitrogen and oxygen atoms in total. The molecule has 0 bridgehead atoms. The molecule has 2 aromatic heterocycles. The van der Waals surface area contributed by atoms with Crippen LogP contribution in [0.5, 0.6) is 0 Å². The Balaban J connectivity index is 1.39. The van der Waals surface area contributed by atoms with Crippen LogP contribution < -0.4 is 15.5 Å². The molecule has 2 N–H and O–H groups in total. The topological polar surface area (TPSA) is 70.2 Å². The lowest BCUT2D eigenvalue weighted by atomic mass is 10.1. The van der Waals surface area contributed by atoms with Crippen molar-refractivity contribution in [3.8, 4) is 0 Å². The molecule has 2 aromatic rings. The SMILES string of the molecule is CC(=O)Nc1ncc(CNCCC2CCN(c3cc(C)nc(C)c3)C2)s1. The zero-order valence-corrected chi connectivity index (χ0v) is 16.5. The van der Waals surface area contributed by atoms with Crippen LogP contribution in [0.1, 0.15) is 36.0 Å². The summed E-state index contributed by atoms with van der Waals surface area (Å²) in [5, 5.41) is 6.89. The van der Waals surface area contributed by atoms with Gasteiger partial charge in [-0.1, -0.05) is 0 Å². The Morgan fingerprint density at radius 3 is 2.85 bits per heavy atom. The van der Waals surface area contributed by atoms with E-state index in [2.05, 4.69) is 51.5 Å². The molecule has 3 heterocycles. The van der Waals surface area contributed by atoms with E-state index < -0.39 is 0 Å². The van der Waals surface area contributed by atoms with Crippen molar-refractivity contribution in [2.24, 2.45) is 5.92 Å². The fourth-order valence-corrected chi connectivity index (χ4v) is 4.24. The van der Waals surface area contributed by atoms with Gasteiger partial charge in [-0.3, -0.25) is 9.78 Å². The van der Waals surface area contributed by atoms with Crippen molar-refractivity contribution in [1.29, 1.82) is 0 Å². The first-order valence-corrected chi connectivity index (χ1v) is 9.94. The standard InChI is InChI=1S/C19H27N5OS/c1-13-8-17(9-14(2)22-13)24-7-5-16(12-24)4-6-20-10-18-11-21-19(26-18)23-15(3)25/h8-9,11,16,20H,4-7,10,12H2,1-3H3,(H,21,23,25). The minimum atomic E-state index is -0.0794. The fraction of sp³-hybridized carbons (Fsp3) is 0.526. The van der Waals surface area contributed by atoms with Crippen molar-refractivity contribution in [3.63, 3.8) is 0 Å². The maximum atomic E-state index is 11.0. The molecule has 26 heavy (non-hydrogen) atoms. The summed E-state index contributed by atoms with van der Waals surface area (Å²) >= 11 is 1.52. The van der Waals surface area contributed by atoms with Crippen molar-refractivity contribution in [1.82, 2.24) is 15.3 Å². The fourth-order valence-electron chi connectivity index (χ4n) is 3.41. The number of anilines is 2. The Kier molecular flexibility index (Phi) is 6.21. The van der Waals surface area contributed by atoms with E-state index in [1.165, 1.54) is 36.8 Å². The Morgan fingerprint density at radius 1 is 1.35 bits per heavy atom. The Labute approximate surface area is 159 Å². The van der Waals surface area contributed by atoms with Crippen LogP contribution in [0.25, 0.3) is 0 Å². The van der Waals surface area contributed by atoms with E-state index in [-0.39, 0.29) is 5.91 Å². The van der Waals surface area contributed by atoms with Crippen LogP contribution in [-0.4, -0.2) is 35.5 Å². The van der Waals surface area contributed by atoms with Crippen LogP contribution in [0.15, 0.2) is 18.3 Å². The van der Waals surface area contributed by atoms with Crippen LogP contribution in [0, 0.1) is 19.8 Å². The van der Waals surface area contributed by atoms with Gasteiger partial charge in [0.1, 0.15) is 0 Å².